The van der Waals surface area contributed by atoms with Crippen LogP contribution >= 0.6 is 11.6 Å². The van der Waals surface area contributed by atoms with Gasteiger partial charge < -0.3 is 9.80 Å². The number of carbonyl (C=O) groups excluding carboxylic acids is 2. The third-order valence-corrected chi connectivity index (χ3v) is 3.26. The van der Waals surface area contributed by atoms with Gasteiger partial charge in [0.2, 0.25) is 11.8 Å². The van der Waals surface area contributed by atoms with Crippen LogP contribution in [0.15, 0.2) is 24.3 Å². The Morgan fingerprint density at radius 3 is 2.43 bits per heavy atom. The number of hydrogen-bond acceptors (Lipinski definition) is 2. The summed E-state index contributed by atoms with van der Waals surface area (Å²) in [5, 5.41) is 0.527. The van der Waals surface area contributed by atoms with E-state index in [4.69, 9.17) is 11.6 Å². The van der Waals surface area contributed by atoms with Crippen molar-refractivity contribution >= 4 is 23.4 Å². The van der Waals surface area contributed by atoms with E-state index in [0.29, 0.717) is 15.5 Å². The smallest absolute Gasteiger partial charge is 0.315 e. The maximum absolute atomic E-state index is 12.3. The minimum Gasteiger partial charge on any atom is -0.315 e. The zero-order valence-corrected chi connectivity index (χ0v) is 11.6. The molecular weight excluding hydrogens is 309 g/mol. The maximum atomic E-state index is 12.3. The molecule has 0 aliphatic carbocycles. The van der Waals surface area contributed by atoms with E-state index in [9.17, 15) is 22.8 Å². The molecule has 0 atom stereocenters. The van der Waals surface area contributed by atoms with Gasteiger partial charge in [-0.15, -0.1) is 0 Å². The van der Waals surface area contributed by atoms with Crippen LogP contribution in [0.1, 0.15) is 5.56 Å². The second kappa shape index (κ2) is 5.93. The van der Waals surface area contributed by atoms with Gasteiger partial charge in [-0.05, 0) is 17.7 Å². The highest BCUT2D eigenvalue weighted by molar-refractivity contribution is 6.30. The molecule has 4 nitrogen and oxygen atoms in total. The largest absolute Gasteiger partial charge is 0.406 e. The molecule has 1 aliphatic heterocycles. The minimum absolute atomic E-state index is 0.0182. The monoisotopic (exact) mass is 320 g/mol. The standard InChI is InChI=1S/C13H12ClF3N2O2/c14-10-3-1-9(2-4-10)5-11(20)18-6-12(21)19(8-18)7-13(15,16)17/h1-4H,5-8H2. The highest BCUT2D eigenvalue weighted by Crippen LogP contribution is 2.20. The van der Waals surface area contributed by atoms with E-state index in [1.54, 1.807) is 24.3 Å². The van der Waals surface area contributed by atoms with E-state index < -0.39 is 24.5 Å². The van der Waals surface area contributed by atoms with Gasteiger partial charge in [-0.3, -0.25) is 9.59 Å². The number of hydrogen-bond donors (Lipinski definition) is 0. The Morgan fingerprint density at radius 2 is 1.86 bits per heavy atom. The molecule has 2 rings (SSSR count). The molecule has 1 aromatic rings. The molecule has 21 heavy (non-hydrogen) atoms. The molecule has 0 saturated carbocycles. The first kappa shape index (κ1) is 15.6. The van der Waals surface area contributed by atoms with Crippen molar-refractivity contribution in [3.63, 3.8) is 0 Å². The van der Waals surface area contributed by atoms with Gasteiger partial charge in [-0.1, -0.05) is 23.7 Å². The number of alkyl halides is 3. The summed E-state index contributed by atoms with van der Waals surface area (Å²) < 4.78 is 36.9. The van der Waals surface area contributed by atoms with Gasteiger partial charge in [0.05, 0.1) is 13.1 Å². The fraction of sp³-hybridized carbons (Fsp3) is 0.385. The molecule has 0 radical (unpaired) electrons. The van der Waals surface area contributed by atoms with Crippen molar-refractivity contribution in [2.75, 3.05) is 19.8 Å². The maximum Gasteiger partial charge on any atom is 0.406 e. The lowest BCUT2D eigenvalue weighted by Crippen LogP contribution is -2.37. The van der Waals surface area contributed by atoms with Crippen LogP contribution in [-0.2, 0) is 16.0 Å². The summed E-state index contributed by atoms with van der Waals surface area (Å²) in [5.74, 6) is -1.09. The molecule has 8 heteroatoms. The number of nitrogens with zero attached hydrogens (tertiary/aromatic N) is 2. The van der Waals surface area contributed by atoms with Crippen LogP contribution in [0.5, 0.6) is 0 Å². The fourth-order valence-electron chi connectivity index (χ4n) is 2.01. The highest BCUT2D eigenvalue weighted by Gasteiger charge is 2.38. The van der Waals surface area contributed by atoms with Crippen LogP contribution in [0.4, 0.5) is 13.2 Å². The van der Waals surface area contributed by atoms with E-state index in [1.165, 1.54) is 0 Å². The first-order valence-corrected chi connectivity index (χ1v) is 6.49. The highest BCUT2D eigenvalue weighted by atomic mass is 35.5. The van der Waals surface area contributed by atoms with E-state index in [1.807, 2.05) is 0 Å². The Hall–Kier alpha value is -1.76. The summed E-state index contributed by atoms with van der Waals surface area (Å²) in [6, 6.07) is 6.56. The molecule has 1 aliphatic rings. The number of carbonyl (C=O) groups is 2. The molecule has 114 valence electrons. The number of rotatable bonds is 3. The number of halogens is 4. The average molecular weight is 321 g/mol. The molecule has 0 spiro atoms. The predicted molar refractivity (Wildman–Crippen MR) is 69.5 cm³/mol. The Kier molecular flexibility index (Phi) is 4.41. The lowest BCUT2D eigenvalue weighted by atomic mass is 10.1. The molecule has 0 aromatic heterocycles. The Morgan fingerprint density at radius 1 is 1.24 bits per heavy atom. The summed E-state index contributed by atoms with van der Waals surface area (Å²) >= 11 is 5.72. The van der Waals surface area contributed by atoms with E-state index in [2.05, 4.69) is 0 Å². The SMILES string of the molecule is O=C(Cc1ccc(Cl)cc1)N1CC(=O)N(CC(F)(F)F)C1. The van der Waals surface area contributed by atoms with Gasteiger partial charge >= 0.3 is 6.18 Å². The van der Waals surface area contributed by atoms with Crippen molar-refractivity contribution < 1.29 is 22.8 Å². The lowest BCUT2D eigenvalue weighted by molar-refractivity contribution is -0.157. The van der Waals surface area contributed by atoms with Crippen LogP contribution in [0, 0.1) is 0 Å². The zero-order valence-electron chi connectivity index (χ0n) is 10.9. The average Bonchev–Trinajstić information content (AvgIpc) is 2.72. The van der Waals surface area contributed by atoms with Crippen LogP contribution in [0.25, 0.3) is 0 Å². The Labute approximate surface area is 124 Å². The molecule has 0 N–H and O–H groups in total. The predicted octanol–water partition coefficient (Wildman–Crippen LogP) is 2.07. The second-order valence-electron chi connectivity index (χ2n) is 4.74. The van der Waals surface area contributed by atoms with Crippen LogP contribution < -0.4 is 0 Å². The van der Waals surface area contributed by atoms with E-state index in [0.717, 1.165) is 4.90 Å². The first-order chi connectivity index (χ1) is 9.74. The summed E-state index contributed by atoms with van der Waals surface area (Å²) in [5.41, 5.74) is 0.686. The van der Waals surface area contributed by atoms with E-state index in [-0.39, 0.29) is 19.6 Å². The number of amides is 2. The number of benzene rings is 1. The van der Waals surface area contributed by atoms with E-state index >= 15 is 0 Å². The topological polar surface area (TPSA) is 40.6 Å². The molecule has 1 aromatic carbocycles. The molecule has 2 amide bonds. The lowest BCUT2D eigenvalue weighted by Gasteiger charge is -2.19. The van der Waals surface area contributed by atoms with Crippen LogP contribution in [0.3, 0.4) is 0 Å². The van der Waals surface area contributed by atoms with Gasteiger partial charge in [0, 0.05) is 5.02 Å². The van der Waals surface area contributed by atoms with Crippen molar-refractivity contribution in [1.82, 2.24) is 9.80 Å². The molecular formula is C13H12ClF3N2O2. The molecule has 0 unspecified atom stereocenters. The summed E-state index contributed by atoms with van der Waals surface area (Å²) in [7, 11) is 0. The zero-order chi connectivity index (χ0) is 15.6. The van der Waals surface area contributed by atoms with Gasteiger partial charge in [0.15, 0.2) is 0 Å². The van der Waals surface area contributed by atoms with Crippen molar-refractivity contribution in [1.29, 1.82) is 0 Å². The summed E-state index contributed by atoms with van der Waals surface area (Å²) in [6.45, 7) is -1.98. The third kappa shape index (κ3) is 4.35. The fourth-order valence-corrected chi connectivity index (χ4v) is 2.13. The molecule has 0 bridgehead atoms. The Bertz CT molecular complexity index is 545. The Balaban J connectivity index is 1.95. The first-order valence-electron chi connectivity index (χ1n) is 6.11. The molecule has 1 heterocycles. The van der Waals surface area contributed by atoms with Crippen LogP contribution in [0.2, 0.25) is 5.02 Å². The van der Waals surface area contributed by atoms with Crippen LogP contribution in [-0.4, -0.2) is 47.5 Å². The summed E-state index contributed by atoms with van der Waals surface area (Å²) in [4.78, 5) is 25.2. The van der Waals surface area contributed by atoms with Crippen molar-refractivity contribution in [3.8, 4) is 0 Å². The quantitative estimate of drug-likeness (QED) is 0.855. The van der Waals surface area contributed by atoms with Gasteiger partial charge in [-0.25, -0.2) is 0 Å². The van der Waals surface area contributed by atoms with Gasteiger partial charge in [0.1, 0.15) is 13.1 Å². The second-order valence-corrected chi connectivity index (χ2v) is 5.18. The summed E-state index contributed by atoms with van der Waals surface area (Å²) in [6.07, 6.45) is -4.45. The molecule has 1 fully saturated rings. The van der Waals surface area contributed by atoms with Crippen molar-refractivity contribution in [2.24, 2.45) is 0 Å². The molecule has 1 saturated heterocycles. The third-order valence-electron chi connectivity index (χ3n) is 3.01. The normalized spacial score (nSPS) is 15.7. The van der Waals surface area contributed by atoms with Gasteiger partial charge in [0.25, 0.3) is 0 Å². The van der Waals surface area contributed by atoms with Crippen molar-refractivity contribution in [2.45, 2.75) is 12.6 Å². The van der Waals surface area contributed by atoms with Crippen molar-refractivity contribution in [3.05, 3.63) is 34.9 Å². The minimum atomic E-state index is -4.47. The van der Waals surface area contributed by atoms with Gasteiger partial charge in [-0.2, -0.15) is 13.2 Å².